The summed E-state index contributed by atoms with van der Waals surface area (Å²) in [5.74, 6) is 2.03. The predicted molar refractivity (Wildman–Crippen MR) is 107 cm³/mol. The van der Waals surface area contributed by atoms with E-state index in [9.17, 15) is 9.59 Å². The molecule has 1 saturated heterocycles. The zero-order chi connectivity index (χ0) is 18.2. The number of aryl methyl sites for hydroxylation is 1. The third-order valence-corrected chi connectivity index (χ3v) is 5.60. The molecule has 1 aromatic rings. The van der Waals surface area contributed by atoms with Crippen molar-refractivity contribution >= 4 is 41.8 Å². The fourth-order valence-electron chi connectivity index (χ4n) is 2.84. The van der Waals surface area contributed by atoms with E-state index in [0.717, 1.165) is 32.5 Å². The van der Waals surface area contributed by atoms with Gasteiger partial charge < -0.3 is 20.1 Å². The van der Waals surface area contributed by atoms with E-state index in [2.05, 4.69) is 15.8 Å². The molecule has 1 atom stereocenters. The minimum Gasteiger partial charge on any atom is -0.360 e. The van der Waals surface area contributed by atoms with Gasteiger partial charge >= 0.3 is 0 Å². The Kier molecular flexibility index (Phi) is 10.0. The highest BCUT2D eigenvalue weighted by atomic mass is 35.5. The van der Waals surface area contributed by atoms with E-state index >= 15 is 0 Å². The quantitative estimate of drug-likeness (QED) is 0.691. The predicted octanol–water partition coefficient (Wildman–Crippen LogP) is 2.31. The molecule has 0 spiro atoms. The van der Waals surface area contributed by atoms with Gasteiger partial charge in [0.05, 0.1) is 11.0 Å². The molecule has 0 aliphatic carbocycles. The van der Waals surface area contributed by atoms with Gasteiger partial charge in [0.15, 0.2) is 5.82 Å². The number of carbonyl (C=O) groups excluding carboxylic acids is 2. The second-order valence-electron chi connectivity index (χ2n) is 6.48. The van der Waals surface area contributed by atoms with E-state index in [-0.39, 0.29) is 29.5 Å². The second-order valence-corrected chi connectivity index (χ2v) is 7.81. The number of nitrogens with one attached hydrogen (secondary N) is 2. The molecule has 1 fully saturated rings. The van der Waals surface area contributed by atoms with Crippen molar-refractivity contribution in [3.63, 3.8) is 0 Å². The Morgan fingerprint density at radius 2 is 2.12 bits per heavy atom. The Morgan fingerprint density at radius 1 is 1.42 bits per heavy atom. The number of nitrogens with zero attached hydrogens (tertiary/aromatic N) is 2. The first-order valence-corrected chi connectivity index (χ1v) is 9.82. The highest BCUT2D eigenvalue weighted by Crippen LogP contribution is 2.21. The Hall–Kier alpha value is -1.25. The third-order valence-electron chi connectivity index (χ3n) is 4.48. The van der Waals surface area contributed by atoms with Crippen LogP contribution in [0.4, 0.5) is 5.82 Å². The molecule has 0 saturated carbocycles. The molecule has 9 heteroatoms. The van der Waals surface area contributed by atoms with Crippen LogP contribution >= 0.6 is 24.2 Å². The fourth-order valence-corrected chi connectivity index (χ4v) is 3.62. The van der Waals surface area contributed by atoms with E-state index in [1.165, 1.54) is 18.2 Å². The smallest absolute Gasteiger partial charge is 0.238 e. The number of thioether (sulfide) groups is 1. The van der Waals surface area contributed by atoms with Crippen LogP contribution in [0.2, 0.25) is 0 Å². The zero-order valence-corrected chi connectivity index (χ0v) is 17.3. The van der Waals surface area contributed by atoms with Crippen molar-refractivity contribution in [1.29, 1.82) is 0 Å². The highest BCUT2D eigenvalue weighted by molar-refractivity contribution is 8.01. The number of hydrogen-bond donors (Lipinski definition) is 2. The number of aromatic nitrogens is 1. The van der Waals surface area contributed by atoms with Gasteiger partial charge in [-0.2, -0.15) is 0 Å². The lowest BCUT2D eigenvalue weighted by Gasteiger charge is -2.32. The largest absolute Gasteiger partial charge is 0.360 e. The summed E-state index contributed by atoms with van der Waals surface area (Å²) < 4.78 is 4.92. The van der Waals surface area contributed by atoms with Gasteiger partial charge in [-0.05, 0) is 52.6 Å². The van der Waals surface area contributed by atoms with Crippen molar-refractivity contribution in [1.82, 2.24) is 15.4 Å². The van der Waals surface area contributed by atoms with Crippen LogP contribution in [0.3, 0.4) is 0 Å². The van der Waals surface area contributed by atoms with Gasteiger partial charge in [-0.1, -0.05) is 5.16 Å². The number of piperidine rings is 1. The first kappa shape index (κ1) is 22.8. The summed E-state index contributed by atoms with van der Waals surface area (Å²) >= 11 is 1.36. The summed E-state index contributed by atoms with van der Waals surface area (Å²) in [6, 6.07) is 1.67. The van der Waals surface area contributed by atoms with Crippen LogP contribution in [0.5, 0.6) is 0 Å². The van der Waals surface area contributed by atoms with Gasteiger partial charge in [0.25, 0.3) is 0 Å². The number of hydrogen-bond acceptors (Lipinski definition) is 6. The summed E-state index contributed by atoms with van der Waals surface area (Å²) in [5, 5.41) is 9.29. The SMILES string of the molecule is CNCCC1CCN(C(=O)CSC(C)C(=O)Nc2cc(C)on2)CC1.Cl. The van der Waals surface area contributed by atoms with Crippen LogP contribution in [0.25, 0.3) is 0 Å². The topological polar surface area (TPSA) is 87.5 Å². The average Bonchev–Trinajstić information content (AvgIpc) is 3.02. The molecule has 2 N–H and O–H groups in total. The van der Waals surface area contributed by atoms with Crippen molar-refractivity contribution in [3.05, 3.63) is 11.8 Å². The van der Waals surface area contributed by atoms with Crippen LogP contribution in [0, 0.1) is 12.8 Å². The highest BCUT2D eigenvalue weighted by Gasteiger charge is 2.24. The molecular weight excluding hydrogens is 376 g/mol. The molecule has 1 unspecified atom stereocenters. The van der Waals surface area contributed by atoms with Crippen molar-refractivity contribution in [3.8, 4) is 0 Å². The van der Waals surface area contributed by atoms with Gasteiger partial charge in [0.1, 0.15) is 5.76 Å². The standard InChI is InChI=1S/C17H28N4O3S.ClH/c1-12-10-15(20-24-12)19-17(23)13(2)25-11-16(22)21-8-5-14(6-9-21)4-7-18-3;/h10,13-14,18H,4-9,11H2,1-3H3,(H,19,20,23);1H. The van der Waals surface area contributed by atoms with E-state index in [1.807, 2.05) is 11.9 Å². The fraction of sp³-hybridized carbons (Fsp3) is 0.706. The summed E-state index contributed by atoms with van der Waals surface area (Å²) in [7, 11) is 1.97. The van der Waals surface area contributed by atoms with Gasteiger partial charge in [-0.3, -0.25) is 9.59 Å². The minimum atomic E-state index is -0.325. The Labute approximate surface area is 165 Å². The molecule has 2 rings (SSSR count). The van der Waals surface area contributed by atoms with Crippen molar-refractivity contribution in [2.45, 2.75) is 38.4 Å². The molecule has 0 bridgehead atoms. The number of halogens is 1. The van der Waals surface area contributed by atoms with Gasteiger partial charge in [0.2, 0.25) is 11.8 Å². The molecular formula is C17H29ClN4O3S. The first-order chi connectivity index (χ1) is 12.0. The van der Waals surface area contributed by atoms with Crippen LogP contribution in [-0.2, 0) is 9.59 Å². The maximum atomic E-state index is 12.3. The average molecular weight is 405 g/mol. The maximum Gasteiger partial charge on any atom is 0.238 e. The number of anilines is 1. The lowest BCUT2D eigenvalue weighted by atomic mass is 9.93. The molecule has 1 aromatic heterocycles. The normalized spacial score (nSPS) is 16.0. The molecule has 0 aromatic carbocycles. The van der Waals surface area contributed by atoms with E-state index in [0.29, 0.717) is 23.2 Å². The first-order valence-electron chi connectivity index (χ1n) is 8.77. The molecule has 7 nitrogen and oxygen atoms in total. The third kappa shape index (κ3) is 7.17. The van der Waals surface area contributed by atoms with Crippen molar-refractivity contribution < 1.29 is 14.1 Å². The van der Waals surface area contributed by atoms with Gasteiger partial charge in [0, 0.05) is 19.2 Å². The number of likely N-dealkylation sites (tertiary alicyclic amines) is 1. The summed E-state index contributed by atoms with van der Waals surface area (Å²) in [4.78, 5) is 26.4. The van der Waals surface area contributed by atoms with Gasteiger partial charge in [-0.15, -0.1) is 24.2 Å². The molecule has 148 valence electrons. The van der Waals surface area contributed by atoms with Crippen LogP contribution in [0.1, 0.15) is 31.9 Å². The monoisotopic (exact) mass is 404 g/mol. The lowest BCUT2D eigenvalue weighted by molar-refractivity contribution is -0.129. The molecule has 0 radical (unpaired) electrons. The Balaban J connectivity index is 0.00000338. The Bertz CT molecular complexity index is 576. The zero-order valence-electron chi connectivity index (χ0n) is 15.6. The lowest BCUT2D eigenvalue weighted by Crippen LogP contribution is -2.40. The van der Waals surface area contributed by atoms with Crippen LogP contribution in [0.15, 0.2) is 10.6 Å². The molecule has 1 aliphatic rings. The summed E-state index contributed by atoms with van der Waals surface area (Å²) in [6.07, 6.45) is 3.31. The number of carbonyl (C=O) groups is 2. The van der Waals surface area contributed by atoms with E-state index < -0.39 is 0 Å². The molecule has 2 heterocycles. The van der Waals surface area contributed by atoms with Crippen LogP contribution in [-0.4, -0.2) is 59.6 Å². The summed E-state index contributed by atoms with van der Waals surface area (Å²) in [6.45, 7) is 6.25. The van der Waals surface area contributed by atoms with Crippen molar-refractivity contribution in [2.75, 3.05) is 37.8 Å². The second kappa shape index (κ2) is 11.5. The van der Waals surface area contributed by atoms with E-state index in [1.54, 1.807) is 19.9 Å². The summed E-state index contributed by atoms with van der Waals surface area (Å²) in [5.41, 5.74) is 0. The number of amides is 2. The Morgan fingerprint density at radius 3 is 2.69 bits per heavy atom. The number of rotatable bonds is 8. The van der Waals surface area contributed by atoms with E-state index in [4.69, 9.17) is 4.52 Å². The van der Waals surface area contributed by atoms with Gasteiger partial charge in [-0.25, -0.2) is 0 Å². The minimum absolute atomic E-state index is 0. The molecule has 2 amide bonds. The van der Waals surface area contributed by atoms with Crippen LogP contribution < -0.4 is 10.6 Å². The molecule has 1 aliphatic heterocycles. The maximum absolute atomic E-state index is 12.3. The van der Waals surface area contributed by atoms with Crippen molar-refractivity contribution in [2.24, 2.45) is 5.92 Å². The molecule has 26 heavy (non-hydrogen) atoms.